The normalized spacial score (nSPS) is 11.1. The Morgan fingerprint density at radius 3 is 1.73 bits per heavy atom. The molecule has 0 fully saturated rings. The van der Waals surface area contributed by atoms with Crippen LogP contribution in [0.1, 0.15) is 72.5 Å². The molecule has 0 spiro atoms. The van der Waals surface area contributed by atoms with E-state index in [1.807, 2.05) is 0 Å². The Morgan fingerprint density at radius 1 is 0.833 bits per heavy atom. The fourth-order valence-electron chi connectivity index (χ4n) is 2.64. The van der Waals surface area contributed by atoms with Gasteiger partial charge in [-0.2, -0.15) is 0 Å². The van der Waals surface area contributed by atoms with E-state index in [1.54, 1.807) is 24.3 Å². The van der Waals surface area contributed by atoms with E-state index in [4.69, 9.17) is 18.4 Å². The molecule has 6 nitrogen and oxygen atoms in total. The predicted octanol–water partition coefficient (Wildman–Crippen LogP) is 5.89. The number of aliphatic hydroxyl groups excluding tert-OH is 1. The van der Waals surface area contributed by atoms with E-state index in [2.05, 4.69) is 19.6 Å². The largest absolute Gasteiger partial charge is 0.461 e. The van der Waals surface area contributed by atoms with Gasteiger partial charge in [0, 0.05) is 26.1 Å². The van der Waals surface area contributed by atoms with Crippen molar-refractivity contribution < 1.29 is 28.0 Å². The maximum atomic E-state index is 11.6. The zero-order valence-corrected chi connectivity index (χ0v) is 19.5. The summed E-state index contributed by atoms with van der Waals surface area (Å²) in [5, 5.41) is 8.51. The smallest absolute Gasteiger partial charge is 0.197 e. The number of hydrogen-bond donors (Lipinski definition) is 1. The number of rotatable bonds is 14. The van der Waals surface area contributed by atoms with Crippen LogP contribution in [-0.4, -0.2) is 38.2 Å². The molecule has 0 saturated heterocycles. The van der Waals surface area contributed by atoms with E-state index in [-0.39, 0.29) is 18.2 Å². The predicted molar refractivity (Wildman–Crippen MR) is 119 cm³/mol. The first-order chi connectivity index (χ1) is 14.3. The molecule has 0 bridgehead atoms. The number of aliphatic hydroxyl groups is 1. The molecule has 0 saturated carbocycles. The molecule has 2 rings (SSSR count). The van der Waals surface area contributed by atoms with Crippen molar-refractivity contribution in [3.8, 4) is 0 Å². The second kappa shape index (κ2) is 14.9. The van der Waals surface area contributed by atoms with Crippen LogP contribution in [0.2, 0.25) is 19.6 Å². The Balaban J connectivity index is 0.000000311. The molecule has 2 aromatic heterocycles. The van der Waals surface area contributed by atoms with Crippen molar-refractivity contribution in [2.45, 2.75) is 71.0 Å². The fourth-order valence-corrected chi connectivity index (χ4v) is 3.39. The van der Waals surface area contributed by atoms with Gasteiger partial charge >= 0.3 is 0 Å². The standard InChI is InChI=1S/C13H22O3Si.C10H14O3/c1-17(2,3)16-11-6-4-5-8-12(14)13-9-7-10-15-13;11-7-3-1-2-5-9(12)10-6-4-8-13-10/h7,9-10H,4-6,8,11H2,1-3H3;4,6,8,11H,1-3,5,7H2. The summed E-state index contributed by atoms with van der Waals surface area (Å²) in [5.41, 5.74) is 0. The minimum absolute atomic E-state index is 0.0444. The minimum atomic E-state index is -1.36. The van der Waals surface area contributed by atoms with E-state index in [0.29, 0.717) is 24.4 Å². The Labute approximate surface area is 180 Å². The van der Waals surface area contributed by atoms with Crippen molar-refractivity contribution in [3.05, 3.63) is 48.3 Å². The average Bonchev–Trinajstić information content (AvgIpc) is 3.41. The highest BCUT2D eigenvalue weighted by Crippen LogP contribution is 2.10. The third-order valence-corrected chi connectivity index (χ3v) is 5.31. The lowest BCUT2D eigenvalue weighted by Gasteiger charge is -2.16. The van der Waals surface area contributed by atoms with E-state index in [1.165, 1.54) is 12.5 Å². The summed E-state index contributed by atoms with van der Waals surface area (Å²) in [6, 6.07) is 6.85. The van der Waals surface area contributed by atoms with Crippen LogP contribution in [0.15, 0.2) is 45.6 Å². The van der Waals surface area contributed by atoms with Gasteiger partial charge in [0.25, 0.3) is 0 Å². The molecule has 168 valence electrons. The first-order valence-corrected chi connectivity index (χ1v) is 14.1. The molecule has 30 heavy (non-hydrogen) atoms. The summed E-state index contributed by atoms with van der Waals surface area (Å²) in [6.07, 6.45) is 9.58. The number of hydrogen-bond acceptors (Lipinski definition) is 6. The zero-order chi connectivity index (χ0) is 22.2. The van der Waals surface area contributed by atoms with Crippen molar-refractivity contribution in [1.29, 1.82) is 0 Å². The van der Waals surface area contributed by atoms with E-state index in [0.717, 1.165) is 45.1 Å². The molecule has 2 heterocycles. The third-order valence-electron chi connectivity index (χ3n) is 4.24. The number of unbranched alkanes of at least 4 members (excludes halogenated alkanes) is 4. The van der Waals surface area contributed by atoms with Gasteiger partial charge in [0.15, 0.2) is 31.4 Å². The van der Waals surface area contributed by atoms with Crippen LogP contribution in [0.4, 0.5) is 0 Å². The van der Waals surface area contributed by atoms with Crippen LogP contribution >= 0.6 is 0 Å². The molecule has 1 N–H and O–H groups in total. The van der Waals surface area contributed by atoms with Crippen LogP contribution in [0, 0.1) is 0 Å². The van der Waals surface area contributed by atoms with Gasteiger partial charge in [-0.3, -0.25) is 9.59 Å². The van der Waals surface area contributed by atoms with Crippen molar-refractivity contribution in [2.75, 3.05) is 13.2 Å². The van der Waals surface area contributed by atoms with Crippen LogP contribution < -0.4 is 0 Å². The molecule has 0 atom stereocenters. The number of ketones is 2. The van der Waals surface area contributed by atoms with Crippen LogP contribution in [-0.2, 0) is 4.43 Å². The van der Waals surface area contributed by atoms with E-state index >= 15 is 0 Å². The first kappa shape index (κ1) is 26.1. The molecule has 0 aliphatic carbocycles. The lowest BCUT2D eigenvalue weighted by atomic mass is 10.1. The highest BCUT2D eigenvalue weighted by Gasteiger charge is 2.13. The molecular weight excluding hydrogens is 400 g/mol. The Kier molecular flexibility index (Phi) is 13.0. The maximum absolute atomic E-state index is 11.6. The van der Waals surface area contributed by atoms with Crippen LogP contribution in [0.25, 0.3) is 0 Å². The molecule has 2 aromatic rings. The van der Waals surface area contributed by atoms with E-state index < -0.39 is 8.32 Å². The van der Waals surface area contributed by atoms with Gasteiger partial charge < -0.3 is 18.4 Å². The Bertz CT molecular complexity index is 686. The third kappa shape index (κ3) is 12.6. The highest BCUT2D eigenvalue weighted by atomic mass is 28.4. The second-order valence-electron chi connectivity index (χ2n) is 8.11. The van der Waals surface area contributed by atoms with Crippen molar-refractivity contribution in [1.82, 2.24) is 0 Å². The number of carbonyl (C=O) groups is 2. The molecular formula is C23H36O6Si. The van der Waals surface area contributed by atoms with Crippen molar-refractivity contribution in [2.24, 2.45) is 0 Å². The quantitative estimate of drug-likeness (QED) is 0.226. The maximum Gasteiger partial charge on any atom is 0.197 e. The summed E-state index contributed by atoms with van der Waals surface area (Å²) >= 11 is 0. The van der Waals surface area contributed by atoms with Crippen molar-refractivity contribution in [3.63, 3.8) is 0 Å². The summed E-state index contributed by atoms with van der Waals surface area (Å²) in [4.78, 5) is 22.9. The summed E-state index contributed by atoms with van der Waals surface area (Å²) < 4.78 is 15.7. The first-order valence-electron chi connectivity index (χ1n) is 10.7. The summed E-state index contributed by atoms with van der Waals surface area (Å²) in [6.45, 7) is 7.59. The monoisotopic (exact) mass is 436 g/mol. The molecule has 0 amide bonds. The number of furan rings is 2. The van der Waals surface area contributed by atoms with Gasteiger partial charge in [0.1, 0.15) is 0 Å². The Morgan fingerprint density at radius 2 is 1.33 bits per heavy atom. The lowest BCUT2D eigenvalue weighted by Crippen LogP contribution is -2.25. The van der Waals surface area contributed by atoms with Gasteiger partial charge in [0.2, 0.25) is 0 Å². The van der Waals surface area contributed by atoms with Gasteiger partial charge in [-0.05, 0) is 69.6 Å². The fraction of sp³-hybridized carbons (Fsp3) is 0.565. The molecule has 0 aliphatic heterocycles. The van der Waals surface area contributed by atoms with Gasteiger partial charge in [-0.15, -0.1) is 0 Å². The topological polar surface area (TPSA) is 89.9 Å². The van der Waals surface area contributed by atoms with E-state index in [9.17, 15) is 9.59 Å². The van der Waals surface area contributed by atoms with Crippen molar-refractivity contribution >= 4 is 19.9 Å². The van der Waals surface area contributed by atoms with Gasteiger partial charge in [-0.1, -0.05) is 12.8 Å². The average molecular weight is 437 g/mol. The summed E-state index contributed by atoms with van der Waals surface area (Å²) in [5.74, 6) is 1.05. The minimum Gasteiger partial charge on any atom is -0.461 e. The molecule has 7 heteroatoms. The SMILES string of the molecule is C[Si](C)(C)OCCCCCC(=O)c1ccco1.O=C(CCCCCO)c1ccco1. The van der Waals surface area contributed by atoms with Gasteiger partial charge in [-0.25, -0.2) is 0 Å². The summed E-state index contributed by atoms with van der Waals surface area (Å²) in [7, 11) is -1.36. The van der Waals surface area contributed by atoms with Gasteiger partial charge in [0.05, 0.1) is 12.5 Å². The molecule has 0 aliphatic rings. The molecule has 0 unspecified atom stereocenters. The van der Waals surface area contributed by atoms with Crippen LogP contribution in [0.5, 0.6) is 0 Å². The number of carbonyl (C=O) groups excluding carboxylic acids is 2. The molecule has 0 aromatic carbocycles. The second-order valence-corrected chi connectivity index (χ2v) is 12.6. The lowest BCUT2D eigenvalue weighted by molar-refractivity contribution is 0.0944. The van der Waals surface area contributed by atoms with Crippen LogP contribution in [0.3, 0.4) is 0 Å². The number of Topliss-reactive ketones (excluding diaryl/α,β-unsaturated/α-hetero) is 2. The molecule has 0 radical (unpaired) electrons. The Hall–Kier alpha value is -1.96. The highest BCUT2D eigenvalue weighted by molar-refractivity contribution is 6.69. The zero-order valence-electron chi connectivity index (χ0n) is 18.5.